The summed E-state index contributed by atoms with van der Waals surface area (Å²) in [6, 6.07) is 0. The van der Waals surface area contributed by atoms with E-state index in [-0.39, 0.29) is 0 Å². The molecule has 0 aromatic heterocycles. The third-order valence-corrected chi connectivity index (χ3v) is 3.50. The molecule has 0 amide bonds. The van der Waals surface area contributed by atoms with Crippen molar-refractivity contribution >= 4 is 0 Å². The summed E-state index contributed by atoms with van der Waals surface area (Å²) in [5.74, 6) is 0.802. The van der Waals surface area contributed by atoms with Gasteiger partial charge in [0.05, 0.1) is 12.2 Å². The van der Waals surface area contributed by atoms with Crippen LogP contribution in [0.15, 0.2) is 0 Å². The molecule has 2 aliphatic rings. The normalized spacial score (nSPS) is 41.8. The molecule has 2 bridgehead atoms. The lowest BCUT2D eigenvalue weighted by atomic mass is 9.74. The van der Waals surface area contributed by atoms with Crippen LogP contribution in [0.4, 0.5) is 0 Å². The van der Waals surface area contributed by atoms with Crippen LogP contribution in [-0.4, -0.2) is 12.2 Å². The highest BCUT2D eigenvalue weighted by Gasteiger charge is 2.41. The number of rotatable bonds is 0. The molecule has 2 rings (SSSR count). The fourth-order valence-electron chi connectivity index (χ4n) is 2.78. The molecule has 70 valence electrons. The molecule has 0 saturated carbocycles. The van der Waals surface area contributed by atoms with Gasteiger partial charge in [-0.2, -0.15) is 0 Å². The van der Waals surface area contributed by atoms with Gasteiger partial charge in [-0.15, -0.1) is 0 Å². The van der Waals surface area contributed by atoms with Crippen molar-refractivity contribution in [2.45, 2.75) is 58.7 Å². The summed E-state index contributed by atoms with van der Waals surface area (Å²) in [6.45, 7) is 7.04. The Morgan fingerprint density at radius 2 is 1.67 bits per heavy atom. The van der Waals surface area contributed by atoms with Gasteiger partial charge in [-0.1, -0.05) is 20.8 Å². The van der Waals surface area contributed by atoms with E-state index in [9.17, 15) is 0 Å². The Hall–Kier alpha value is -0.0400. The molecular weight excluding hydrogens is 148 g/mol. The third kappa shape index (κ3) is 1.39. The molecule has 0 radical (unpaired) electrons. The maximum absolute atomic E-state index is 5.94. The number of ether oxygens (including phenoxy) is 1. The first kappa shape index (κ1) is 8.55. The van der Waals surface area contributed by atoms with E-state index in [1.807, 2.05) is 0 Å². The van der Waals surface area contributed by atoms with Gasteiger partial charge in [0, 0.05) is 0 Å². The minimum atomic E-state index is 0.444. The van der Waals surface area contributed by atoms with Crippen LogP contribution >= 0.6 is 0 Å². The number of hydrogen-bond acceptors (Lipinski definition) is 1. The molecule has 2 fully saturated rings. The molecule has 2 heterocycles. The lowest BCUT2D eigenvalue weighted by molar-refractivity contribution is -0.0652. The smallest absolute Gasteiger partial charge is 0.0613 e. The van der Waals surface area contributed by atoms with Gasteiger partial charge in [-0.05, 0) is 37.0 Å². The Labute approximate surface area is 75.5 Å². The lowest BCUT2D eigenvalue weighted by Crippen LogP contribution is -2.36. The van der Waals surface area contributed by atoms with E-state index in [2.05, 4.69) is 20.8 Å². The zero-order valence-corrected chi connectivity index (χ0v) is 8.47. The van der Waals surface area contributed by atoms with Gasteiger partial charge in [0.1, 0.15) is 0 Å². The Bertz CT molecular complexity index is 168. The summed E-state index contributed by atoms with van der Waals surface area (Å²) in [7, 11) is 0. The van der Waals surface area contributed by atoms with Crippen LogP contribution in [0.25, 0.3) is 0 Å². The summed E-state index contributed by atoms with van der Waals surface area (Å²) in [6.07, 6.45) is 6.53. The van der Waals surface area contributed by atoms with E-state index in [1.54, 1.807) is 0 Å². The zero-order chi connectivity index (χ0) is 8.77. The SMILES string of the molecule is CC(C)(C)C1CCC2CCC1O2. The average Bonchev–Trinajstić information content (AvgIpc) is 2.30. The first-order valence-corrected chi connectivity index (χ1v) is 5.23. The van der Waals surface area contributed by atoms with Crippen LogP contribution in [0.3, 0.4) is 0 Å². The van der Waals surface area contributed by atoms with E-state index in [0.29, 0.717) is 17.6 Å². The van der Waals surface area contributed by atoms with Crippen molar-refractivity contribution in [1.29, 1.82) is 0 Å². The molecule has 0 spiro atoms. The van der Waals surface area contributed by atoms with Crippen molar-refractivity contribution in [3.05, 3.63) is 0 Å². The summed E-state index contributed by atoms with van der Waals surface area (Å²) in [5, 5.41) is 0. The molecule has 0 aromatic carbocycles. The van der Waals surface area contributed by atoms with Crippen molar-refractivity contribution in [1.82, 2.24) is 0 Å². The van der Waals surface area contributed by atoms with E-state index in [1.165, 1.54) is 25.7 Å². The molecule has 1 heteroatoms. The van der Waals surface area contributed by atoms with Crippen LogP contribution in [0.2, 0.25) is 0 Å². The van der Waals surface area contributed by atoms with Crippen LogP contribution in [0.5, 0.6) is 0 Å². The van der Waals surface area contributed by atoms with Crippen molar-refractivity contribution in [2.24, 2.45) is 11.3 Å². The van der Waals surface area contributed by atoms with Crippen molar-refractivity contribution < 1.29 is 4.74 Å². The second kappa shape index (κ2) is 2.73. The highest BCUT2D eigenvalue weighted by atomic mass is 16.5. The van der Waals surface area contributed by atoms with E-state index in [0.717, 1.165) is 5.92 Å². The summed E-state index contributed by atoms with van der Waals surface area (Å²) in [5.41, 5.74) is 0.444. The lowest BCUT2D eigenvalue weighted by Gasteiger charge is -2.38. The first-order chi connectivity index (χ1) is 5.57. The van der Waals surface area contributed by atoms with Gasteiger partial charge in [0.2, 0.25) is 0 Å². The van der Waals surface area contributed by atoms with Crippen molar-refractivity contribution in [3.8, 4) is 0 Å². The quantitative estimate of drug-likeness (QED) is 0.540. The molecule has 12 heavy (non-hydrogen) atoms. The van der Waals surface area contributed by atoms with Gasteiger partial charge in [-0.25, -0.2) is 0 Å². The Morgan fingerprint density at radius 1 is 1.00 bits per heavy atom. The third-order valence-electron chi connectivity index (χ3n) is 3.50. The second-order valence-corrected chi connectivity index (χ2v) is 5.42. The Kier molecular flexibility index (Phi) is 1.95. The maximum Gasteiger partial charge on any atom is 0.0613 e. The first-order valence-electron chi connectivity index (χ1n) is 5.23. The predicted molar refractivity (Wildman–Crippen MR) is 50.1 cm³/mol. The van der Waals surface area contributed by atoms with Gasteiger partial charge in [0.25, 0.3) is 0 Å². The predicted octanol–water partition coefficient (Wildman–Crippen LogP) is 2.99. The summed E-state index contributed by atoms with van der Waals surface area (Å²) in [4.78, 5) is 0. The Balaban J connectivity index is 2.07. The summed E-state index contributed by atoms with van der Waals surface area (Å²) >= 11 is 0. The topological polar surface area (TPSA) is 9.23 Å². The highest BCUT2D eigenvalue weighted by Crippen LogP contribution is 2.44. The van der Waals surface area contributed by atoms with Crippen LogP contribution < -0.4 is 0 Å². The average molecular weight is 168 g/mol. The standard InChI is InChI=1S/C11H20O/c1-11(2,3)9-6-4-8-5-7-10(9)12-8/h8-10H,4-7H2,1-3H3. The van der Waals surface area contributed by atoms with E-state index >= 15 is 0 Å². The van der Waals surface area contributed by atoms with E-state index < -0.39 is 0 Å². The molecule has 1 nitrogen and oxygen atoms in total. The molecule has 2 saturated heterocycles. The largest absolute Gasteiger partial charge is 0.375 e. The second-order valence-electron chi connectivity index (χ2n) is 5.42. The highest BCUT2D eigenvalue weighted by molar-refractivity contribution is 4.90. The fraction of sp³-hybridized carbons (Fsp3) is 1.00. The van der Waals surface area contributed by atoms with E-state index in [4.69, 9.17) is 4.74 Å². The monoisotopic (exact) mass is 168 g/mol. The van der Waals surface area contributed by atoms with Crippen LogP contribution in [0.1, 0.15) is 46.5 Å². The van der Waals surface area contributed by atoms with Crippen LogP contribution in [-0.2, 0) is 4.74 Å². The number of hydrogen-bond donors (Lipinski definition) is 0. The van der Waals surface area contributed by atoms with Crippen LogP contribution in [0, 0.1) is 11.3 Å². The summed E-state index contributed by atoms with van der Waals surface area (Å²) < 4.78 is 5.94. The molecule has 0 N–H and O–H groups in total. The molecule has 2 aliphatic heterocycles. The van der Waals surface area contributed by atoms with Crippen molar-refractivity contribution in [3.63, 3.8) is 0 Å². The minimum Gasteiger partial charge on any atom is -0.375 e. The molecule has 0 aliphatic carbocycles. The van der Waals surface area contributed by atoms with Gasteiger partial charge >= 0.3 is 0 Å². The molecule has 0 aromatic rings. The van der Waals surface area contributed by atoms with Crippen molar-refractivity contribution in [2.75, 3.05) is 0 Å². The Morgan fingerprint density at radius 3 is 2.33 bits per heavy atom. The van der Waals surface area contributed by atoms with Gasteiger partial charge in [0.15, 0.2) is 0 Å². The maximum atomic E-state index is 5.94. The fourth-order valence-corrected chi connectivity index (χ4v) is 2.78. The van der Waals surface area contributed by atoms with Gasteiger partial charge in [-0.3, -0.25) is 0 Å². The zero-order valence-electron chi connectivity index (χ0n) is 8.47. The molecule has 3 atom stereocenters. The minimum absolute atomic E-state index is 0.444. The molecule has 3 unspecified atom stereocenters. The molecular formula is C11H20O. The number of fused-ring (bicyclic) bond motifs is 2. The van der Waals surface area contributed by atoms with Gasteiger partial charge < -0.3 is 4.74 Å².